The van der Waals surface area contributed by atoms with E-state index in [4.69, 9.17) is 11.6 Å². The van der Waals surface area contributed by atoms with E-state index in [9.17, 15) is 4.79 Å². The number of hydrogen-bond acceptors (Lipinski definition) is 2. The molecule has 1 amide bonds. The van der Waals surface area contributed by atoms with Crippen molar-refractivity contribution in [3.8, 4) is 0 Å². The van der Waals surface area contributed by atoms with Crippen LogP contribution in [0.3, 0.4) is 0 Å². The van der Waals surface area contributed by atoms with Crippen LogP contribution in [0.1, 0.15) is 27.5 Å². The Kier molecular flexibility index (Phi) is 6.22. The third-order valence-corrected chi connectivity index (χ3v) is 4.61. The molecule has 23 heavy (non-hydrogen) atoms. The molecule has 0 saturated carbocycles. The zero-order chi connectivity index (χ0) is 17.0. The molecular formula is C18H20BrClN2O. The Morgan fingerprint density at radius 3 is 2.57 bits per heavy atom. The quantitative estimate of drug-likeness (QED) is 0.811. The maximum absolute atomic E-state index is 12.4. The summed E-state index contributed by atoms with van der Waals surface area (Å²) >= 11 is 9.71. The average molecular weight is 396 g/mol. The Bertz CT molecular complexity index is 703. The Hall–Kier alpha value is -1.36. The Balaban J connectivity index is 2.13. The fourth-order valence-electron chi connectivity index (χ4n) is 2.48. The van der Waals surface area contributed by atoms with Gasteiger partial charge in [0.15, 0.2) is 0 Å². The predicted octanol–water partition coefficient (Wildman–Crippen LogP) is 4.44. The lowest BCUT2D eigenvalue weighted by Gasteiger charge is -2.26. The van der Waals surface area contributed by atoms with E-state index in [1.54, 1.807) is 0 Å². The van der Waals surface area contributed by atoms with Gasteiger partial charge in [0.1, 0.15) is 0 Å². The van der Waals surface area contributed by atoms with Crippen molar-refractivity contribution < 1.29 is 4.79 Å². The van der Waals surface area contributed by atoms with Crippen molar-refractivity contribution in [2.75, 3.05) is 20.6 Å². The summed E-state index contributed by atoms with van der Waals surface area (Å²) in [6.45, 7) is 2.42. The average Bonchev–Trinajstić information content (AvgIpc) is 2.48. The molecular weight excluding hydrogens is 376 g/mol. The maximum atomic E-state index is 12.4. The standard InChI is InChI=1S/C18H20BrClN2O/c1-12-10-13(19)8-9-14(12)18(23)21-11-17(22(2)3)15-6-4-5-7-16(15)20/h4-10,17H,11H2,1-3H3,(H,21,23). The van der Waals surface area contributed by atoms with Gasteiger partial charge in [-0.2, -0.15) is 0 Å². The lowest BCUT2D eigenvalue weighted by Crippen LogP contribution is -2.35. The van der Waals surface area contributed by atoms with Crippen molar-refractivity contribution in [3.05, 3.63) is 68.7 Å². The molecule has 2 aromatic carbocycles. The van der Waals surface area contributed by atoms with E-state index in [0.29, 0.717) is 17.1 Å². The fraction of sp³-hybridized carbons (Fsp3) is 0.278. The minimum Gasteiger partial charge on any atom is -0.350 e. The lowest BCUT2D eigenvalue weighted by atomic mass is 10.0. The molecule has 1 unspecified atom stereocenters. The first-order valence-corrected chi connectivity index (χ1v) is 8.52. The second-order valence-corrected chi connectivity index (χ2v) is 6.99. The van der Waals surface area contributed by atoms with Gasteiger partial charge in [-0.1, -0.05) is 45.7 Å². The molecule has 1 atom stereocenters. The van der Waals surface area contributed by atoms with Gasteiger partial charge >= 0.3 is 0 Å². The van der Waals surface area contributed by atoms with Crippen LogP contribution in [0.25, 0.3) is 0 Å². The van der Waals surface area contributed by atoms with Crippen LogP contribution >= 0.6 is 27.5 Å². The van der Waals surface area contributed by atoms with Crippen molar-refractivity contribution in [2.45, 2.75) is 13.0 Å². The fourth-order valence-corrected chi connectivity index (χ4v) is 3.22. The highest BCUT2D eigenvalue weighted by Crippen LogP contribution is 2.25. The van der Waals surface area contributed by atoms with Crippen molar-refractivity contribution in [2.24, 2.45) is 0 Å². The summed E-state index contributed by atoms with van der Waals surface area (Å²) in [5.41, 5.74) is 2.63. The van der Waals surface area contributed by atoms with E-state index in [2.05, 4.69) is 26.1 Å². The second kappa shape index (κ2) is 7.95. The number of halogens is 2. The molecule has 0 saturated heterocycles. The smallest absolute Gasteiger partial charge is 0.251 e. The largest absolute Gasteiger partial charge is 0.350 e. The Morgan fingerprint density at radius 2 is 1.96 bits per heavy atom. The first kappa shape index (κ1) is 18.0. The normalized spacial score (nSPS) is 12.3. The molecule has 0 aliphatic heterocycles. The van der Waals surface area contributed by atoms with Crippen LogP contribution in [-0.2, 0) is 0 Å². The van der Waals surface area contributed by atoms with Crippen molar-refractivity contribution >= 4 is 33.4 Å². The molecule has 0 heterocycles. The van der Waals surface area contributed by atoms with Gasteiger partial charge in [-0.15, -0.1) is 0 Å². The molecule has 0 aromatic heterocycles. The molecule has 3 nitrogen and oxygen atoms in total. The zero-order valence-electron chi connectivity index (χ0n) is 13.4. The summed E-state index contributed by atoms with van der Waals surface area (Å²) < 4.78 is 0.966. The van der Waals surface area contributed by atoms with E-state index >= 15 is 0 Å². The summed E-state index contributed by atoms with van der Waals surface area (Å²) in [4.78, 5) is 14.5. The van der Waals surface area contributed by atoms with Gasteiger partial charge in [-0.25, -0.2) is 0 Å². The zero-order valence-corrected chi connectivity index (χ0v) is 15.8. The molecule has 0 fully saturated rings. The van der Waals surface area contributed by atoms with E-state index < -0.39 is 0 Å². The molecule has 122 valence electrons. The van der Waals surface area contributed by atoms with Gasteiger partial charge in [0.05, 0.1) is 6.04 Å². The van der Waals surface area contributed by atoms with Crippen LogP contribution in [0.4, 0.5) is 0 Å². The molecule has 0 spiro atoms. The number of benzene rings is 2. The number of carbonyl (C=O) groups is 1. The number of hydrogen-bond donors (Lipinski definition) is 1. The van der Waals surface area contributed by atoms with Crippen molar-refractivity contribution in [1.82, 2.24) is 10.2 Å². The van der Waals surface area contributed by atoms with Crippen LogP contribution in [0.5, 0.6) is 0 Å². The van der Waals surface area contributed by atoms with Crippen LogP contribution in [0.2, 0.25) is 5.02 Å². The monoisotopic (exact) mass is 394 g/mol. The van der Waals surface area contributed by atoms with E-state index in [0.717, 1.165) is 15.6 Å². The number of carbonyl (C=O) groups excluding carboxylic acids is 1. The van der Waals surface area contributed by atoms with Crippen molar-refractivity contribution in [1.29, 1.82) is 0 Å². The molecule has 0 bridgehead atoms. The highest BCUT2D eigenvalue weighted by Gasteiger charge is 2.18. The summed E-state index contributed by atoms with van der Waals surface area (Å²) in [5, 5.41) is 3.72. The predicted molar refractivity (Wildman–Crippen MR) is 99.1 cm³/mol. The molecule has 2 rings (SSSR count). The third-order valence-electron chi connectivity index (χ3n) is 3.78. The molecule has 5 heteroatoms. The van der Waals surface area contributed by atoms with E-state index in [1.165, 1.54) is 0 Å². The Morgan fingerprint density at radius 1 is 1.26 bits per heavy atom. The summed E-state index contributed by atoms with van der Waals surface area (Å²) in [7, 11) is 3.95. The van der Waals surface area contributed by atoms with Gasteiger partial charge in [-0.05, 0) is 56.4 Å². The summed E-state index contributed by atoms with van der Waals surface area (Å²) in [6, 6.07) is 13.4. The maximum Gasteiger partial charge on any atom is 0.251 e. The number of likely N-dealkylation sites (N-methyl/N-ethyl adjacent to an activating group) is 1. The minimum absolute atomic E-state index is 0.0170. The SMILES string of the molecule is Cc1cc(Br)ccc1C(=O)NCC(c1ccccc1Cl)N(C)C. The molecule has 0 aliphatic carbocycles. The van der Waals surface area contributed by atoms with Crippen LogP contribution in [0.15, 0.2) is 46.9 Å². The van der Waals surface area contributed by atoms with E-state index in [-0.39, 0.29) is 11.9 Å². The third kappa shape index (κ3) is 4.56. The van der Waals surface area contributed by atoms with Gasteiger partial charge in [0.2, 0.25) is 0 Å². The molecule has 2 aromatic rings. The number of rotatable bonds is 5. The van der Waals surface area contributed by atoms with Gasteiger partial charge < -0.3 is 10.2 Å². The van der Waals surface area contributed by atoms with E-state index in [1.807, 2.05) is 63.5 Å². The highest BCUT2D eigenvalue weighted by atomic mass is 79.9. The summed E-state index contributed by atoms with van der Waals surface area (Å²) in [5.74, 6) is -0.0751. The van der Waals surface area contributed by atoms with Gasteiger partial charge in [0.25, 0.3) is 5.91 Å². The number of amides is 1. The first-order valence-electron chi connectivity index (χ1n) is 7.35. The second-order valence-electron chi connectivity index (χ2n) is 5.67. The number of nitrogens with one attached hydrogen (secondary N) is 1. The highest BCUT2D eigenvalue weighted by molar-refractivity contribution is 9.10. The Labute approximate surface area is 150 Å². The van der Waals surface area contributed by atoms with Crippen LogP contribution in [0, 0.1) is 6.92 Å². The molecule has 1 N–H and O–H groups in total. The minimum atomic E-state index is -0.0751. The van der Waals surface area contributed by atoms with Gasteiger partial charge in [0, 0.05) is 21.6 Å². The lowest BCUT2D eigenvalue weighted by molar-refractivity contribution is 0.0941. The molecule has 0 radical (unpaired) electrons. The first-order chi connectivity index (χ1) is 10.9. The van der Waals surface area contributed by atoms with Crippen LogP contribution < -0.4 is 5.32 Å². The number of aryl methyl sites for hydroxylation is 1. The summed E-state index contributed by atoms with van der Waals surface area (Å²) in [6.07, 6.45) is 0. The van der Waals surface area contributed by atoms with Gasteiger partial charge in [-0.3, -0.25) is 4.79 Å². The van der Waals surface area contributed by atoms with Crippen molar-refractivity contribution in [3.63, 3.8) is 0 Å². The van der Waals surface area contributed by atoms with Crippen LogP contribution in [-0.4, -0.2) is 31.4 Å². The molecule has 0 aliphatic rings. The number of nitrogens with zero attached hydrogens (tertiary/aromatic N) is 1. The topological polar surface area (TPSA) is 32.3 Å².